The number of ketones is 1. The van der Waals surface area contributed by atoms with E-state index in [1.807, 2.05) is 38.1 Å². The van der Waals surface area contributed by atoms with Gasteiger partial charge < -0.3 is 39.0 Å². The fraction of sp³-hybridized carbons (Fsp3) is 0.495. The van der Waals surface area contributed by atoms with Crippen LogP contribution in [0.5, 0.6) is 23.0 Å². The van der Waals surface area contributed by atoms with E-state index in [1.165, 1.54) is 146 Å². The van der Waals surface area contributed by atoms with Crippen molar-refractivity contribution in [2.45, 2.75) is 308 Å². The molecule has 0 aliphatic heterocycles. The smallest absolute Gasteiger partial charge is 0.227 e. The third-order valence-corrected chi connectivity index (χ3v) is 23.3. The number of Topliss-reactive ketones (excluding diaryl/α,β-unsaturated/α-hetero) is 1. The number of anilines is 1. The first-order chi connectivity index (χ1) is 50.4. The van der Waals surface area contributed by atoms with Crippen molar-refractivity contribution in [1.29, 1.82) is 0 Å². The Morgan fingerprint density at radius 2 is 0.699 bits per heavy atom. The summed E-state index contributed by atoms with van der Waals surface area (Å²) in [6.45, 7) is 28.0. The first-order valence-corrected chi connectivity index (χ1v) is 41.2. The van der Waals surface area contributed by atoms with Gasteiger partial charge in [-0.25, -0.2) is 8.42 Å². The predicted molar refractivity (Wildman–Crippen MR) is 486 cm³/mol. The van der Waals surface area contributed by atoms with Crippen LogP contribution in [-0.4, -0.2) is 60.7 Å². The maximum absolute atomic E-state index is 11.9. The molecule has 8 aromatic rings. The summed E-state index contributed by atoms with van der Waals surface area (Å²) in [5.41, 5.74) is 5.71. The molecule has 8 unspecified atom stereocenters. The number of aromatic hydroxyl groups is 2. The lowest BCUT2D eigenvalue weighted by Gasteiger charge is -2.22. The maximum Gasteiger partial charge on any atom is 0.227 e. The minimum atomic E-state index is -4.50. The molecule has 0 saturated heterocycles. The van der Waals surface area contributed by atoms with Crippen molar-refractivity contribution in [3.63, 3.8) is 0 Å². The van der Waals surface area contributed by atoms with Gasteiger partial charge in [0.1, 0.15) is 38.9 Å². The number of benzene rings is 8. The van der Waals surface area contributed by atoms with Crippen LogP contribution < -0.4 is 14.8 Å². The molecule has 0 aromatic heterocycles. The fourth-order valence-corrected chi connectivity index (χ4v) is 14.7. The number of phenols is 2. The monoisotopic (exact) mass is 1600 g/mol. The van der Waals surface area contributed by atoms with Gasteiger partial charge in [0.25, 0.3) is 0 Å². The van der Waals surface area contributed by atoms with Gasteiger partial charge in [-0.1, -0.05) is 296 Å². The zero-order valence-electron chi connectivity index (χ0n) is 65.1. The van der Waals surface area contributed by atoms with Gasteiger partial charge in [-0.2, -0.15) is 0 Å². The van der Waals surface area contributed by atoms with Crippen LogP contribution in [-0.2, 0) is 40.1 Å². The highest BCUT2D eigenvalue weighted by atomic mass is 32.2. The largest absolute Gasteiger partial charge is 0.744 e. The molecule has 0 heterocycles. The minimum absolute atomic E-state index is 0. The van der Waals surface area contributed by atoms with Gasteiger partial charge in [-0.15, -0.1) is 0 Å². The van der Waals surface area contributed by atoms with Crippen LogP contribution in [0.15, 0.2) is 232 Å². The molecular formula is C99H155NO11S2. The first-order valence-electron chi connectivity index (χ1n) is 38.5. The Labute approximate surface area is 693 Å². The van der Waals surface area contributed by atoms with Gasteiger partial charge in [0.05, 0.1) is 29.0 Å². The van der Waals surface area contributed by atoms with Crippen LogP contribution in [0, 0.1) is 23.7 Å². The Bertz CT molecular complexity index is 3490. The van der Waals surface area contributed by atoms with E-state index in [0.29, 0.717) is 40.9 Å². The number of hydrogen-bond acceptors (Lipinski definition) is 11. The Morgan fingerprint density at radius 1 is 0.416 bits per heavy atom. The SMILES string of the molecule is C.C.C.C.C.C.C.C.CC(=O)C(C)C(C)C(=O)Nc1ccc(S(=O)(=O)[O-])cc1.CCC(C)c1ccc(O)cc1.CCC(C)c1ccc(O)cc1.CCC(C)c1ccc(OC(C)OCCC2CCCCC2)cc1.CCC(C)c1ccc(OC(C)OCCC2CCCCC2)cc1.c1ccc([S+](c2ccccc2)c2ccccc2)cc1. The van der Waals surface area contributed by atoms with Gasteiger partial charge in [-0.05, 0) is 226 Å². The minimum Gasteiger partial charge on any atom is -0.744 e. The number of hydrogen-bond donors (Lipinski definition) is 3. The molecule has 634 valence electrons. The van der Waals surface area contributed by atoms with Gasteiger partial charge in [-0.3, -0.25) is 9.59 Å². The van der Waals surface area contributed by atoms with Gasteiger partial charge in [0, 0.05) is 17.5 Å². The third-order valence-electron chi connectivity index (χ3n) is 20.2. The molecule has 2 aliphatic rings. The molecule has 14 heteroatoms. The van der Waals surface area contributed by atoms with E-state index in [1.54, 1.807) is 38.1 Å². The average molecular weight is 1600 g/mol. The highest BCUT2D eigenvalue weighted by Gasteiger charge is 2.28. The lowest BCUT2D eigenvalue weighted by Crippen LogP contribution is -2.29. The molecule has 1 amide bonds. The summed E-state index contributed by atoms with van der Waals surface area (Å²) in [7, 11) is -4.51. The van der Waals surface area contributed by atoms with Crippen LogP contribution in [0.25, 0.3) is 0 Å². The Hall–Kier alpha value is -7.72. The second-order valence-corrected chi connectivity index (χ2v) is 31.6. The van der Waals surface area contributed by atoms with Crippen molar-refractivity contribution in [2.24, 2.45) is 23.7 Å². The number of carbonyl (C=O) groups is 2. The summed E-state index contributed by atoms with van der Waals surface area (Å²) >= 11 is 0. The second-order valence-electron chi connectivity index (χ2n) is 28.2. The first kappa shape index (κ1) is 112. The summed E-state index contributed by atoms with van der Waals surface area (Å²) < 4.78 is 55.6. The average Bonchev–Trinajstić information content (AvgIpc) is 0.804. The molecule has 2 saturated carbocycles. The van der Waals surface area contributed by atoms with Crippen molar-refractivity contribution < 1.29 is 51.7 Å². The van der Waals surface area contributed by atoms with E-state index in [4.69, 9.17) is 29.2 Å². The number of carbonyl (C=O) groups excluding carboxylic acids is 2. The zero-order valence-corrected chi connectivity index (χ0v) is 66.7. The number of phenolic OH excluding ortho intramolecular Hbond substituents is 2. The number of amides is 1. The Morgan fingerprint density at radius 3 is 0.965 bits per heavy atom. The van der Waals surface area contributed by atoms with Crippen LogP contribution in [0.3, 0.4) is 0 Å². The van der Waals surface area contributed by atoms with E-state index in [9.17, 15) is 22.6 Å². The summed E-state index contributed by atoms with van der Waals surface area (Å²) in [5.74, 6) is 5.30. The molecule has 8 aromatic carbocycles. The summed E-state index contributed by atoms with van der Waals surface area (Å²) in [4.78, 5) is 26.8. The molecule has 2 fully saturated rings. The lowest BCUT2D eigenvalue weighted by molar-refractivity contribution is -0.128. The van der Waals surface area contributed by atoms with E-state index in [0.717, 1.165) is 61.5 Å². The molecule has 0 spiro atoms. The van der Waals surface area contributed by atoms with E-state index < -0.39 is 22.0 Å². The maximum atomic E-state index is 11.9. The summed E-state index contributed by atoms with van der Waals surface area (Å²) in [6, 6.07) is 68.8. The highest BCUT2D eigenvalue weighted by Crippen LogP contribution is 2.33. The highest BCUT2D eigenvalue weighted by molar-refractivity contribution is 7.97. The van der Waals surface area contributed by atoms with E-state index >= 15 is 0 Å². The lowest BCUT2D eigenvalue weighted by atomic mass is 9.87. The van der Waals surface area contributed by atoms with Crippen LogP contribution in [0.4, 0.5) is 5.69 Å². The van der Waals surface area contributed by atoms with Crippen molar-refractivity contribution in [3.8, 4) is 23.0 Å². The second kappa shape index (κ2) is 61.7. The van der Waals surface area contributed by atoms with Gasteiger partial charge in [0.2, 0.25) is 5.91 Å². The number of ether oxygens (including phenoxy) is 4. The van der Waals surface area contributed by atoms with E-state index in [-0.39, 0.29) is 99.5 Å². The van der Waals surface area contributed by atoms with Crippen LogP contribution in [0.2, 0.25) is 0 Å². The Kier molecular flexibility index (Phi) is 60.9. The Balaban J connectivity index is -0.000000632. The summed E-state index contributed by atoms with van der Waals surface area (Å²) in [6.07, 6.45) is 20.6. The number of rotatable bonds is 28. The van der Waals surface area contributed by atoms with Crippen molar-refractivity contribution in [1.82, 2.24) is 0 Å². The molecule has 0 bridgehead atoms. The normalized spacial score (nSPS) is 14.2. The molecular weight excluding hydrogens is 1440 g/mol. The molecule has 12 nitrogen and oxygen atoms in total. The third kappa shape index (κ3) is 42.5. The molecule has 0 radical (unpaired) electrons. The van der Waals surface area contributed by atoms with Crippen molar-refractivity contribution >= 4 is 38.4 Å². The molecule has 2 aliphatic carbocycles. The van der Waals surface area contributed by atoms with Crippen molar-refractivity contribution in [3.05, 3.63) is 235 Å². The standard InChI is InChI=1S/2C20H32O2.C18H15S.C13H17NO5S.2C10H14O.8CH4/c2*1-4-16(2)19-10-12-20(13-11-19)22-17(3)21-15-14-18-8-6-5-7-9-18;1-4-10-16(11-5-1)19(17-12-6-2-7-13-17)18-14-8-3-9-15-18;1-8(10(3)15)9(2)13(16)14-11-4-6-12(7-5-11)20(17,18)19;2*1-3-8(2)9-4-6-10(11)7-5-9;;;;;;;;/h2*10-13,16-18H,4-9,14-15H2,1-3H3;1-15H;4-9H,1-3H3,(H,14,16)(H,17,18,19);2*4-8,11H,3H2,1-2H3;8*1H4/q;;+1;;;;;;;;;;;/p-1. The van der Waals surface area contributed by atoms with Gasteiger partial charge >= 0.3 is 0 Å². The van der Waals surface area contributed by atoms with Gasteiger partial charge in [0.15, 0.2) is 27.3 Å². The molecule has 10 rings (SSSR count). The van der Waals surface area contributed by atoms with E-state index in [2.05, 4.69) is 200 Å². The number of nitrogens with one attached hydrogen (secondary N) is 1. The van der Waals surface area contributed by atoms with Crippen LogP contribution >= 0.6 is 0 Å². The van der Waals surface area contributed by atoms with Crippen LogP contribution in [0.1, 0.15) is 298 Å². The summed E-state index contributed by atoms with van der Waals surface area (Å²) in [5, 5.41) is 20.6. The fourth-order valence-electron chi connectivity index (χ4n) is 12.1. The van der Waals surface area contributed by atoms with Crippen molar-refractivity contribution in [2.75, 3.05) is 18.5 Å². The molecule has 3 N–H and O–H groups in total. The molecule has 113 heavy (non-hydrogen) atoms. The predicted octanol–water partition coefficient (Wildman–Crippen LogP) is 28.9. The molecule has 8 atom stereocenters. The topological polar surface area (TPSA) is 181 Å². The quantitative estimate of drug-likeness (QED) is 0.0241. The zero-order chi connectivity index (χ0) is 76.5.